The number of rotatable bonds is 2. The molecule has 0 saturated carbocycles. The zero-order valence-corrected chi connectivity index (χ0v) is 11.1. The van der Waals surface area contributed by atoms with Crippen molar-refractivity contribution in [3.8, 4) is 0 Å². The van der Waals surface area contributed by atoms with Crippen molar-refractivity contribution in [2.75, 3.05) is 19.8 Å². The minimum Gasteiger partial charge on any atom is -0.379 e. The fraction of sp³-hybridized carbons (Fsp3) is 0.846. The smallest absolute Gasteiger partial charge is 0.245 e. The van der Waals surface area contributed by atoms with E-state index in [9.17, 15) is 9.59 Å². The van der Waals surface area contributed by atoms with Crippen LogP contribution in [0.2, 0.25) is 0 Å². The lowest BCUT2D eigenvalue weighted by molar-refractivity contribution is -0.139. The molecule has 1 N–H and O–H groups in total. The molecule has 2 atom stereocenters. The summed E-state index contributed by atoms with van der Waals surface area (Å²) in [4.78, 5) is 26.0. The summed E-state index contributed by atoms with van der Waals surface area (Å²) in [6.45, 7) is 5.82. The molecule has 0 radical (unpaired) electrons. The third-order valence-corrected chi connectivity index (χ3v) is 3.69. The van der Waals surface area contributed by atoms with Gasteiger partial charge in [-0.1, -0.05) is 13.8 Å². The van der Waals surface area contributed by atoms with Gasteiger partial charge in [-0.3, -0.25) is 9.59 Å². The molecule has 2 fully saturated rings. The second-order valence-corrected chi connectivity index (χ2v) is 5.44. The van der Waals surface area contributed by atoms with Crippen LogP contribution in [0.4, 0.5) is 0 Å². The molecule has 18 heavy (non-hydrogen) atoms. The lowest BCUT2D eigenvalue weighted by Crippen LogP contribution is -2.52. The molecule has 2 aliphatic rings. The van der Waals surface area contributed by atoms with E-state index in [4.69, 9.17) is 4.74 Å². The van der Waals surface area contributed by atoms with Gasteiger partial charge in [0.25, 0.3) is 0 Å². The van der Waals surface area contributed by atoms with E-state index in [1.54, 1.807) is 0 Å². The Hall–Kier alpha value is -1.10. The molecule has 5 heteroatoms. The van der Waals surface area contributed by atoms with Crippen LogP contribution in [0.25, 0.3) is 0 Å². The van der Waals surface area contributed by atoms with Gasteiger partial charge in [0.15, 0.2) is 0 Å². The van der Waals surface area contributed by atoms with Crippen LogP contribution in [0, 0.1) is 5.92 Å². The van der Waals surface area contributed by atoms with Gasteiger partial charge < -0.3 is 15.0 Å². The predicted molar refractivity (Wildman–Crippen MR) is 66.9 cm³/mol. The van der Waals surface area contributed by atoms with Crippen LogP contribution in [0.1, 0.15) is 33.1 Å². The standard InChI is InChI=1S/C13H22N2O3/c1-9(2)12-13(17)15(6-5-11(16)14-12)10-4-3-7-18-8-10/h9-10,12H,3-8H2,1-2H3,(H,14,16). The highest BCUT2D eigenvalue weighted by atomic mass is 16.5. The first-order valence-electron chi connectivity index (χ1n) is 6.77. The second-order valence-electron chi connectivity index (χ2n) is 5.44. The van der Waals surface area contributed by atoms with Crippen LogP contribution in [-0.2, 0) is 14.3 Å². The molecule has 2 aliphatic heterocycles. The minimum atomic E-state index is -0.387. The highest BCUT2D eigenvalue weighted by molar-refractivity contribution is 5.90. The third kappa shape index (κ3) is 2.83. The largest absolute Gasteiger partial charge is 0.379 e. The second kappa shape index (κ2) is 5.69. The number of carbonyl (C=O) groups excluding carboxylic acids is 2. The van der Waals surface area contributed by atoms with Crippen molar-refractivity contribution >= 4 is 11.8 Å². The summed E-state index contributed by atoms with van der Waals surface area (Å²) >= 11 is 0. The van der Waals surface area contributed by atoms with Crippen LogP contribution in [0.5, 0.6) is 0 Å². The SMILES string of the molecule is CC(C)C1NC(=O)CCN(C2CCCOC2)C1=O. The monoisotopic (exact) mass is 254 g/mol. The Morgan fingerprint density at radius 1 is 1.39 bits per heavy atom. The first-order chi connectivity index (χ1) is 8.59. The molecule has 2 unspecified atom stereocenters. The highest BCUT2D eigenvalue weighted by Crippen LogP contribution is 2.19. The third-order valence-electron chi connectivity index (χ3n) is 3.69. The van der Waals surface area contributed by atoms with E-state index in [0.717, 1.165) is 19.4 Å². The van der Waals surface area contributed by atoms with Crippen molar-refractivity contribution in [3.63, 3.8) is 0 Å². The summed E-state index contributed by atoms with van der Waals surface area (Å²) in [6.07, 6.45) is 2.36. The van der Waals surface area contributed by atoms with Crippen molar-refractivity contribution in [2.24, 2.45) is 5.92 Å². The van der Waals surface area contributed by atoms with Gasteiger partial charge in [-0.15, -0.1) is 0 Å². The van der Waals surface area contributed by atoms with Crippen LogP contribution in [0.15, 0.2) is 0 Å². The van der Waals surface area contributed by atoms with Crippen LogP contribution in [0.3, 0.4) is 0 Å². The van der Waals surface area contributed by atoms with Gasteiger partial charge in [0.1, 0.15) is 6.04 Å². The van der Waals surface area contributed by atoms with Crippen molar-refractivity contribution in [2.45, 2.75) is 45.2 Å². The number of hydrogen-bond donors (Lipinski definition) is 1. The number of hydrogen-bond acceptors (Lipinski definition) is 3. The van der Waals surface area contributed by atoms with Gasteiger partial charge in [-0.05, 0) is 18.8 Å². The molecule has 2 heterocycles. The van der Waals surface area contributed by atoms with E-state index < -0.39 is 0 Å². The zero-order chi connectivity index (χ0) is 13.1. The normalized spacial score (nSPS) is 30.3. The number of ether oxygens (including phenoxy) is 1. The van der Waals surface area contributed by atoms with Gasteiger partial charge in [0.2, 0.25) is 11.8 Å². The summed E-state index contributed by atoms with van der Waals surface area (Å²) in [7, 11) is 0. The summed E-state index contributed by atoms with van der Waals surface area (Å²) in [6, 6.07) is -0.248. The Balaban J connectivity index is 2.12. The quantitative estimate of drug-likeness (QED) is 0.782. The molecule has 5 nitrogen and oxygen atoms in total. The molecular formula is C13H22N2O3. The topological polar surface area (TPSA) is 58.6 Å². The fourth-order valence-corrected chi connectivity index (χ4v) is 2.60. The molecule has 0 spiro atoms. The summed E-state index contributed by atoms with van der Waals surface area (Å²) in [5, 5.41) is 2.83. The number of carbonyl (C=O) groups is 2. The lowest BCUT2D eigenvalue weighted by Gasteiger charge is -2.35. The van der Waals surface area contributed by atoms with E-state index in [1.807, 2.05) is 18.7 Å². The van der Waals surface area contributed by atoms with E-state index >= 15 is 0 Å². The van der Waals surface area contributed by atoms with Crippen LogP contribution in [-0.4, -0.2) is 48.6 Å². The van der Waals surface area contributed by atoms with Gasteiger partial charge in [0.05, 0.1) is 12.6 Å². The van der Waals surface area contributed by atoms with Crippen molar-refractivity contribution in [3.05, 3.63) is 0 Å². The Bertz CT molecular complexity index is 324. The first-order valence-corrected chi connectivity index (χ1v) is 6.77. The van der Waals surface area contributed by atoms with Gasteiger partial charge in [-0.25, -0.2) is 0 Å². The summed E-state index contributed by atoms with van der Waals surface area (Å²) in [5.74, 6) is 0.138. The fourth-order valence-electron chi connectivity index (χ4n) is 2.60. The lowest BCUT2D eigenvalue weighted by atomic mass is 10.0. The molecule has 0 aromatic rings. The maximum atomic E-state index is 12.5. The molecule has 2 rings (SSSR count). The maximum absolute atomic E-state index is 12.5. The Morgan fingerprint density at radius 2 is 2.17 bits per heavy atom. The van der Waals surface area contributed by atoms with E-state index in [1.165, 1.54) is 0 Å². The molecule has 2 amide bonds. The Morgan fingerprint density at radius 3 is 2.78 bits per heavy atom. The number of nitrogens with zero attached hydrogens (tertiary/aromatic N) is 1. The van der Waals surface area contributed by atoms with Crippen LogP contribution < -0.4 is 5.32 Å². The molecule has 2 saturated heterocycles. The molecule has 102 valence electrons. The maximum Gasteiger partial charge on any atom is 0.245 e. The van der Waals surface area contributed by atoms with Gasteiger partial charge in [-0.2, -0.15) is 0 Å². The summed E-state index contributed by atoms with van der Waals surface area (Å²) < 4.78 is 5.45. The molecule has 0 aromatic carbocycles. The first kappa shape index (κ1) is 13.3. The van der Waals surface area contributed by atoms with E-state index in [0.29, 0.717) is 19.6 Å². The average Bonchev–Trinajstić information content (AvgIpc) is 2.50. The average molecular weight is 254 g/mol. The predicted octanol–water partition coefficient (Wildman–Crippen LogP) is 0.538. The van der Waals surface area contributed by atoms with E-state index in [-0.39, 0.29) is 29.8 Å². The molecule has 0 bridgehead atoms. The Kier molecular flexibility index (Phi) is 4.22. The van der Waals surface area contributed by atoms with Crippen molar-refractivity contribution < 1.29 is 14.3 Å². The molecular weight excluding hydrogens is 232 g/mol. The molecule has 0 aromatic heterocycles. The van der Waals surface area contributed by atoms with Gasteiger partial charge >= 0.3 is 0 Å². The number of amides is 2. The minimum absolute atomic E-state index is 0.0266. The zero-order valence-electron chi connectivity index (χ0n) is 11.1. The Labute approximate surface area is 108 Å². The van der Waals surface area contributed by atoms with Crippen molar-refractivity contribution in [1.29, 1.82) is 0 Å². The van der Waals surface area contributed by atoms with Gasteiger partial charge in [0, 0.05) is 19.6 Å². The van der Waals surface area contributed by atoms with Crippen LogP contribution >= 0.6 is 0 Å². The van der Waals surface area contributed by atoms with E-state index in [2.05, 4.69) is 5.32 Å². The highest BCUT2D eigenvalue weighted by Gasteiger charge is 2.35. The summed E-state index contributed by atoms with van der Waals surface area (Å²) in [5.41, 5.74) is 0. The van der Waals surface area contributed by atoms with Crippen molar-refractivity contribution in [1.82, 2.24) is 10.2 Å². The molecule has 0 aliphatic carbocycles. The number of nitrogens with one attached hydrogen (secondary N) is 1.